The quantitative estimate of drug-likeness (QED) is 0.883. The van der Waals surface area contributed by atoms with Crippen molar-refractivity contribution in [2.24, 2.45) is 11.0 Å². The van der Waals surface area contributed by atoms with Gasteiger partial charge in [-0.15, -0.1) is 0 Å². The van der Waals surface area contributed by atoms with Crippen molar-refractivity contribution in [1.29, 1.82) is 0 Å². The molecule has 1 aromatic heterocycles. The highest BCUT2D eigenvalue weighted by Gasteiger charge is 2.15. The van der Waals surface area contributed by atoms with Crippen LogP contribution in [-0.4, -0.2) is 33.9 Å². The van der Waals surface area contributed by atoms with Crippen LogP contribution in [0.2, 0.25) is 0 Å². The Hall–Kier alpha value is -2.14. The molecule has 1 fully saturated rings. The van der Waals surface area contributed by atoms with Crippen LogP contribution >= 0.6 is 0 Å². The molecule has 0 spiro atoms. The number of rotatable bonds is 4. The molecule has 0 saturated carbocycles. The maximum Gasteiger partial charge on any atom is 0.221 e. The fraction of sp³-hybridized carbons (Fsp3) is 0.444. The summed E-state index contributed by atoms with van der Waals surface area (Å²) in [5, 5.41) is 4.39. The zero-order valence-corrected chi connectivity index (χ0v) is 13.9. The normalized spacial score (nSPS) is 17.1. The smallest absolute Gasteiger partial charge is 0.221 e. The van der Waals surface area contributed by atoms with Crippen LogP contribution in [0.1, 0.15) is 36.6 Å². The summed E-state index contributed by atoms with van der Waals surface area (Å²) in [5.41, 5.74) is 9.08. The minimum absolute atomic E-state index is 0.414. The minimum Gasteiger partial charge on any atom is -0.368 e. The summed E-state index contributed by atoms with van der Waals surface area (Å²) in [4.78, 5) is 6.68. The second-order valence-electron chi connectivity index (χ2n) is 6.53. The highest BCUT2D eigenvalue weighted by Crippen LogP contribution is 2.18. The van der Waals surface area contributed by atoms with E-state index in [4.69, 9.17) is 5.73 Å². The Kier molecular flexibility index (Phi) is 4.76. The molecule has 2 heterocycles. The molecule has 2 N–H and O–H groups in total. The molecule has 2 aromatic rings. The molecule has 0 atom stereocenters. The van der Waals surface area contributed by atoms with Gasteiger partial charge >= 0.3 is 0 Å². The topological polar surface area (TPSA) is 59.4 Å². The van der Waals surface area contributed by atoms with E-state index in [9.17, 15) is 0 Å². The van der Waals surface area contributed by atoms with Crippen LogP contribution in [0.3, 0.4) is 0 Å². The summed E-state index contributed by atoms with van der Waals surface area (Å²) < 4.78 is 1.61. The van der Waals surface area contributed by atoms with Crippen LogP contribution in [0.15, 0.2) is 35.6 Å². The highest BCUT2D eigenvalue weighted by atomic mass is 15.4. The number of likely N-dealkylation sites (tertiary alicyclic amines) is 1. The van der Waals surface area contributed by atoms with Crippen LogP contribution in [0, 0.1) is 12.8 Å². The number of piperidine rings is 1. The Balaban J connectivity index is 1.66. The van der Waals surface area contributed by atoms with E-state index in [2.05, 4.69) is 46.2 Å². The molecule has 122 valence electrons. The number of aryl methyl sites for hydroxylation is 1. The summed E-state index contributed by atoms with van der Waals surface area (Å²) in [5.74, 6) is 1.28. The number of hydrogen-bond donors (Lipinski definition) is 1. The first kappa shape index (κ1) is 15.7. The lowest BCUT2D eigenvalue weighted by atomic mass is 9.99. The summed E-state index contributed by atoms with van der Waals surface area (Å²) >= 11 is 0. The monoisotopic (exact) mass is 311 g/mol. The summed E-state index contributed by atoms with van der Waals surface area (Å²) in [6, 6.07) is 8.53. The highest BCUT2D eigenvalue weighted by molar-refractivity contribution is 5.79. The second-order valence-corrected chi connectivity index (χ2v) is 6.53. The molecular formula is C18H25N5. The van der Waals surface area contributed by atoms with Gasteiger partial charge in [0.15, 0.2) is 0 Å². The molecule has 5 nitrogen and oxygen atoms in total. The molecule has 1 aromatic carbocycles. The van der Waals surface area contributed by atoms with E-state index < -0.39 is 0 Å². The van der Waals surface area contributed by atoms with Crippen molar-refractivity contribution in [3.8, 4) is 0 Å². The minimum atomic E-state index is 0.414. The van der Waals surface area contributed by atoms with Crippen molar-refractivity contribution in [2.75, 3.05) is 18.8 Å². The number of nitrogens with zero attached hydrogens (tertiary/aromatic N) is 4. The number of anilines is 1. The van der Waals surface area contributed by atoms with Gasteiger partial charge in [-0.2, -0.15) is 5.10 Å². The molecule has 1 saturated heterocycles. The van der Waals surface area contributed by atoms with E-state index in [0.29, 0.717) is 5.95 Å². The van der Waals surface area contributed by atoms with Crippen molar-refractivity contribution >= 4 is 12.2 Å². The van der Waals surface area contributed by atoms with Gasteiger partial charge in [0.25, 0.3) is 0 Å². The molecule has 0 aliphatic carbocycles. The van der Waals surface area contributed by atoms with Crippen molar-refractivity contribution in [1.82, 2.24) is 14.6 Å². The third kappa shape index (κ3) is 4.20. The van der Waals surface area contributed by atoms with Crippen LogP contribution in [-0.2, 0) is 6.54 Å². The standard InChI is InChI=1S/C18H25N5/c1-14-6-8-22(9-7-14)13-17-5-3-4-16(10-17)11-20-23-12-15(2)21-18(23)19/h3-5,10-12,14H,6-9,13H2,1-2H3,(H2,19,21). The number of imidazole rings is 1. The SMILES string of the molecule is Cc1cn(N=Cc2cccc(CN3CCC(C)CC3)c2)c(N)n1. The van der Waals surface area contributed by atoms with Gasteiger partial charge in [0.05, 0.1) is 18.1 Å². The lowest BCUT2D eigenvalue weighted by molar-refractivity contribution is 0.185. The van der Waals surface area contributed by atoms with E-state index >= 15 is 0 Å². The molecule has 0 amide bonds. The molecule has 23 heavy (non-hydrogen) atoms. The molecule has 1 aliphatic rings. The lowest BCUT2D eigenvalue weighted by Gasteiger charge is -2.30. The first-order valence-corrected chi connectivity index (χ1v) is 8.27. The number of nitrogen functional groups attached to an aromatic ring is 1. The molecule has 5 heteroatoms. The molecule has 0 unspecified atom stereocenters. The average molecular weight is 311 g/mol. The van der Waals surface area contributed by atoms with Gasteiger partial charge in [-0.05, 0) is 56.0 Å². The van der Waals surface area contributed by atoms with E-state index in [1.165, 1.54) is 31.5 Å². The fourth-order valence-corrected chi connectivity index (χ4v) is 2.98. The number of nitrogens with two attached hydrogens (primary N) is 1. The maximum atomic E-state index is 5.80. The summed E-state index contributed by atoms with van der Waals surface area (Å²) in [6.45, 7) is 7.66. The Labute approximate surface area is 137 Å². The van der Waals surface area contributed by atoms with Crippen molar-refractivity contribution in [2.45, 2.75) is 33.2 Å². The van der Waals surface area contributed by atoms with Gasteiger partial charge in [0.2, 0.25) is 5.95 Å². The molecular weight excluding hydrogens is 286 g/mol. The van der Waals surface area contributed by atoms with Crippen LogP contribution in [0.25, 0.3) is 0 Å². The lowest BCUT2D eigenvalue weighted by Crippen LogP contribution is -2.32. The Morgan fingerprint density at radius 2 is 2.13 bits per heavy atom. The third-order valence-electron chi connectivity index (χ3n) is 4.40. The van der Waals surface area contributed by atoms with Crippen molar-refractivity contribution in [3.63, 3.8) is 0 Å². The van der Waals surface area contributed by atoms with Gasteiger partial charge in [-0.3, -0.25) is 4.90 Å². The Bertz CT molecular complexity index is 680. The van der Waals surface area contributed by atoms with Gasteiger partial charge in [0.1, 0.15) is 0 Å². The van der Waals surface area contributed by atoms with Crippen LogP contribution < -0.4 is 5.73 Å². The largest absolute Gasteiger partial charge is 0.368 e. The predicted molar refractivity (Wildman–Crippen MR) is 94.5 cm³/mol. The summed E-state index contributed by atoms with van der Waals surface area (Å²) in [7, 11) is 0. The van der Waals surface area contributed by atoms with Crippen molar-refractivity contribution in [3.05, 3.63) is 47.3 Å². The third-order valence-corrected chi connectivity index (χ3v) is 4.40. The van der Waals surface area contributed by atoms with Crippen LogP contribution in [0.5, 0.6) is 0 Å². The second kappa shape index (κ2) is 6.96. The van der Waals surface area contributed by atoms with E-state index in [1.807, 2.05) is 19.3 Å². The van der Waals surface area contributed by atoms with Gasteiger partial charge in [-0.25, -0.2) is 9.66 Å². The Morgan fingerprint density at radius 3 is 2.83 bits per heavy atom. The molecule has 3 rings (SSSR count). The number of hydrogen-bond acceptors (Lipinski definition) is 4. The van der Waals surface area contributed by atoms with Gasteiger partial charge in [-0.1, -0.05) is 25.1 Å². The first-order valence-electron chi connectivity index (χ1n) is 8.27. The number of aromatic nitrogens is 2. The fourth-order valence-electron chi connectivity index (χ4n) is 2.98. The van der Waals surface area contributed by atoms with Gasteiger partial charge < -0.3 is 5.73 Å². The first-order chi connectivity index (χ1) is 11.1. The van der Waals surface area contributed by atoms with Gasteiger partial charge in [0, 0.05) is 6.54 Å². The van der Waals surface area contributed by atoms with E-state index in [-0.39, 0.29) is 0 Å². The van der Waals surface area contributed by atoms with E-state index in [0.717, 1.165) is 23.7 Å². The maximum absolute atomic E-state index is 5.80. The van der Waals surface area contributed by atoms with Crippen LogP contribution in [0.4, 0.5) is 5.95 Å². The molecule has 0 radical (unpaired) electrons. The molecule has 1 aliphatic heterocycles. The average Bonchev–Trinajstić information content (AvgIpc) is 2.86. The zero-order valence-electron chi connectivity index (χ0n) is 13.9. The zero-order chi connectivity index (χ0) is 16.2. The molecule has 0 bridgehead atoms. The number of benzene rings is 1. The van der Waals surface area contributed by atoms with Crippen molar-refractivity contribution < 1.29 is 0 Å². The summed E-state index contributed by atoms with van der Waals surface area (Å²) in [6.07, 6.45) is 6.27. The predicted octanol–water partition coefficient (Wildman–Crippen LogP) is 2.89. The Morgan fingerprint density at radius 1 is 1.35 bits per heavy atom. The van der Waals surface area contributed by atoms with E-state index in [1.54, 1.807) is 4.68 Å².